The highest BCUT2D eigenvalue weighted by Crippen LogP contribution is 2.29. The summed E-state index contributed by atoms with van der Waals surface area (Å²) >= 11 is 29.0. The number of hydrogen-bond acceptors (Lipinski definition) is 3. The standard InChI is InChI=1S/C18H17Cl4N3O2S/c1-2-27-14-9-7-13(8-10-14)23-17(28)25-16(18(20,21)22)24-15(26)11-3-5-12(19)6-4-11/h3-10,16H,2H2,1H3,(H,24,26)(H2,23,25,28). The summed E-state index contributed by atoms with van der Waals surface area (Å²) in [5, 5.41) is 9.02. The Bertz CT molecular complexity index is 811. The predicted molar refractivity (Wildman–Crippen MR) is 120 cm³/mol. The summed E-state index contributed by atoms with van der Waals surface area (Å²) in [6, 6.07) is 13.5. The van der Waals surface area contributed by atoms with Gasteiger partial charge in [0, 0.05) is 16.3 Å². The third-order valence-electron chi connectivity index (χ3n) is 3.41. The van der Waals surface area contributed by atoms with Gasteiger partial charge in [-0.1, -0.05) is 46.4 Å². The third kappa shape index (κ3) is 7.18. The number of nitrogens with one attached hydrogen (secondary N) is 3. The predicted octanol–water partition coefficient (Wildman–Crippen LogP) is 5.15. The molecular weight excluding hydrogens is 464 g/mol. The molecule has 0 saturated carbocycles. The van der Waals surface area contributed by atoms with Crippen molar-refractivity contribution in [3.05, 3.63) is 59.1 Å². The van der Waals surface area contributed by atoms with Crippen LogP contribution in [0.2, 0.25) is 5.02 Å². The van der Waals surface area contributed by atoms with Gasteiger partial charge in [0.15, 0.2) is 5.11 Å². The van der Waals surface area contributed by atoms with Crippen molar-refractivity contribution in [2.24, 2.45) is 0 Å². The number of carbonyl (C=O) groups is 1. The van der Waals surface area contributed by atoms with E-state index in [1.807, 2.05) is 6.92 Å². The van der Waals surface area contributed by atoms with Gasteiger partial charge in [0.05, 0.1) is 6.61 Å². The number of alkyl halides is 3. The Morgan fingerprint density at radius 3 is 2.21 bits per heavy atom. The Hall–Kier alpha value is -1.44. The van der Waals surface area contributed by atoms with Crippen molar-refractivity contribution < 1.29 is 9.53 Å². The molecular formula is C18H17Cl4N3O2S. The lowest BCUT2D eigenvalue weighted by Crippen LogP contribution is -2.56. The van der Waals surface area contributed by atoms with Crippen LogP contribution in [-0.2, 0) is 0 Å². The molecule has 0 heterocycles. The van der Waals surface area contributed by atoms with Crippen molar-refractivity contribution in [2.45, 2.75) is 16.9 Å². The lowest BCUT2D eigenvalue weighted by molar-refractivity contribution is 0.0934. The van der Waals surface area contributed by atoms with E-state index in [4.69, 9.17) is 63.4 Å². The van der Waals surface area contributed by atoms with Gasteiger partial charge in [0.1, 0.15) is 11.9 Å². The smallest absolute Gasteiger partial charge is 0.252 e. The van der Waals surface area contributed by atoms with Crippen LogP contribution < -0.4 is 20.7 Å². The molecule has 0 aliphatic rings. The van der Waals surface area contributed by atoms with Gasteiger partial charge in [0.25, 0.3) is 5.91 Å². The largest absolute Gasteiger partial charge is 0.494 e. The van der Waals surface area contributed by atoms with Crippen LogP contribution in [-0.4, -0.2) is 27.6 Å². The van der Waals surface area contributed by atoms with Gasteiger partial charge < -0.3 is 20.7 Å². The maximum Gasteiger partial charge on any atom is 0.252 e. The number of hydrogen-bond donors (Lipinski definition) is 3. The average molecular weight is 481 g/mol. The molecule has 0 fully saturated rings. The molecule has 0 saturated heterocycles. The summed E-state index contributed by atoms with van der Waals surface area (Å²) in [4.78, 5) is 12.4. The van der Waals surface area contributed by atoms with Crippen LogP contribution in [0.5, 0.6) is 5.75 Å². The van der Waals surface area contributed by atoms with E-state index >= 15 is 0 Å². The first kappa shape index (κ1) is 22.8. The van der Waals surface area contributed by atoms with Gasteiger partial charge in [-0.2, -0.15) is 0 Å². The molecule has 150 valence electrons. The quantitative estimate of drug-likeness (QED) is 0.303. The van der Waals surface area contributed by atoms with E-state index in [2.05, 4.69) is 16.0 Å². The Morgan fingerprint density at radius 1 is 1.07 bits per heavy atom. The number of carbonyl (C=O) groups excluding carboxylic acids is 1. The molecule has 2 aromatic carbocycles. The lowest BCUT2D eigenvalue weighted by Gasteiger charge is -2.27. The maximum absolute atomic E-state index is 12.4. The minimum Gasteiger partial charge on any atom is -0.494 e. The number of ether oxygens (including phenoxy) is 1. The zero-order chi connectivity index (χ0) is 20.7. The zero-order valence-corrected chi connectivity index (χ0v) is 18.5. The molecule has 0 aliphatic heterocycles. The molecule has 0 spiro atoms. The van der Waals surface area contributed by atoms with Crippen LogP contribution in [0.4, 0.5) is 5.69 Å². The Balaban J connectivity index is 2.01. The topological polar surface area (TPSA) is 62.4 Å². The fourth-order valence-electron chi connectivity index (χ4n) is 2.11. The minimum absolute atomic E-state index is 0.164. The second kappa shape index (κ2) is 10.4. The fraction of sp³-hybridized carbons (Fsp3) is 0.222. The number of halogens is 4. The molecule has 1 unspecified atom stereocenters. The van der Waals surface area contributed by atoms with Crippen LogP contribution in [0.1, 0.15) is 17.3 Å². The van der Waals surface area contributed by atoms with E-state index in [0.29, 0.717) is 22.9 Å². The first-order valence-corrected chi connectivity index (χ1v) is 10.0. The molecule has 0 aliphatic carbocycles. The van der Waals surface area contributed by atoms with E-state index < -0.39 is 15.9 Å². The number of amides is 1. The molecule has 0 radical (unpaired) electrons. The summed E-state index contributed by atoms with van der Waals surface area (Å²) in [5.41, 5.74) is 1.06. The summed E-state index contributed by atoms with van der Waals surface area (Å²) in [5.74, 6) is 0.283. The number of rotatable bonds is 6. The monoisotopic (exact) mass is 479 g/mol. The van der Waals surface area contributed by atoms with Crippen molar-refractivity contribution in [3.63, 3.8) is 0 Å². The Labute approximate surface area is 188 Å². The van der Waals surface area contributed by atoms with E-state index in [1.54, 1.807) is 48.5 Å². The minimum atomic E-state index is -1.85. The molecule has 0 aromatic heterocycles. The Kier molecular flexibility index (Phi) is 8.46. The van der Waals surface area contributed by atoms with E-state index in [9.17, 15) is 4.79 Å². The third-order valence-corrected chi connectivity index (χ3v) is 4.53. The summed E-state index contributed by atoms with van der Waals surface area (Å²) in [6.45, 7) is 2.48. The van der Waals surface area contributed by atoms with Crippen LogP contribution in [0.15, 0.2) is 48.5 Å². The van der Waals surface area contributed by atoms with Crippen LogP contribution in [0, 0.1) is 0 Å². The molecule has 10 heteroatoms. The summed E-state index contributed by atoms with van der Waals surface area (Å²) in [6.07, 6.45) is -1.08. The highest BCUT2D eigenvalue weighted by Gasteiger charge is 2.34. The second-order valence-electron chi connectivity index (χ2n) is 5.51. The first-order valence-electron chi connectivity index (χ1n) is 8.12. The first-order chi connectivity index (χ1) is 13.2. The highest BCUT2D eigenvalue weighted by molar-refractivity contribution is 7.80. The van der Waals surface area contributed by atoms with Gasteiger partial charge in [-0.15, -0.1) is 0 Å². The highest BCUT2D eigenvalue weighted by atomic mass is 35.6. The summed E-state index contributed by atoms with van der Waals surface area (Å²) in [7, 11) is 0. The van der Waals surface area contributed by atoms with Gasteiger partial charge >= 0.3 is 0 Å². The van der Waals surface area contributed by atoms with Crippen LogP contribution in [0.3, 0.4) is 0 Å². The molecule has 2 rings (SSSR count). The normalized spacial score (nSPS) is 12.0. The van der Waals surface area contributed by atoms with Crippen LogP contribution in [0.25, 0.3) is 0 Å². The molecule has 0 bridgehead atoms. The van der Waals surface area contributed by atoms with Crippen molar-refractivity contribution >= 4 is 75.3 Å². The van der Waals surface area contributed by atoms with Gasteiger partial charge in [-0.05, 0) is 67.7 Å². The zero-order valence-electron chi connectivity index (χ0n) is 14.6. The van der Waals surface area contributed by atoms with E-state index in [-0.39, 0.29) is 5.11 Å². The average Bonchev–Trinajstić information content (AvgIpc) is 2.62. The molecule has 1 amide bonds. The fourth-order valence-corrected chi connectivity index (χ4v) is 2.80. The molecule has 2 aromatic rings. The molecule has 3 N–H and O–H groups in total. The van der Waals surface area contributed by atoms with Gasteiger partial charge in [0.2, 0.25) is 3.79 Å². The van der Waals surface area contributed by atoms with Crippen molar-refractivity contribution in [3.8, 4) is 5.75 Å². The van der Waals surface area contributed by atoms with Crippen molar-refractivity contribution in [1.29, 1.82) is 0 Å². The van der Waals surface area contributed by atoms with Crippen LogP contribution >= 0.6 is 58.6 Å². The Morgan fingerprint density at radius 2 is 1.68 bits per heavy atom. The maximum atomic E-state index is 12.4. The summed E-state index contributed by atoms with van der Waals surface area (Å²) < 4.78 is 3.53. The molecule has 5 nitrogen and oxygen atoms in total. The van der Waals surface area contributed by atoms with Gasteiger partial charge in [-0.3, -0.25) is 4.79 Å². The SMILES string of the molecule is CCOc1ccc(NC(=S)NC(NC(=O)c2ccc(Cl)cc2)C(Cl)(Cl)Cl)cc1. The molecule has 1 atom stereocenters. The van der Waals surface area contributed by atoms with Gasteiger partial charge in [-0.25, -0.2) is 0 Å². The number of anilines is 1. The number of benzene rings is 2. The second-order valence-corrected chi connectivity index (χ2v) is 8.72. The van der Waals surface area contributed by atoms with Crippen molar-refractivity contribution in [2.75, 3.05) is 11.9 Å². The van der Waals surface area contributed by atoms with E-state index in [1.165, 1.54) is 0 Å². The lowest BCUT2D eigenvalue weighted by atomic mass is 10.2. The molecule has 28 heavy (non-hydrogen) atoms. The number of thiocarbonyl (C=S) groups is 1. The van der Waals surface area contributed by atoms with E-state index in [0.717, 1.165) is 5.75 Å². The van der Waals surface area contributed by atoms with Crippen molar-refractivity contribution in [1.82, 2.24) is 10.6 Å².